The lowest BCUT2D eigenvalue weighted by molar-refractivity contribution is 0.173. The molecule has 0 spiro atoms. The Hall–Kier alpha value is -2.41. The summed E-state index contributed by atoms with van der Waals surface area (Å²) in [5, 5.41) is 6.59. The molecule has 0 aliphatic heterocycles. The second-order valence-corrected chi connectivity index (χ2v) is 7.76. The first-order valence-electron chi connectivity index (χ1n) is 10.3. The van der Waals surface area contributed by atoms with Gasteiger partial charge in [-0.2, -0.15) is 0 Å². The number of guanidine groups is 1. The normalized spacial score (nSPS) is 12.3. The molecule has 1 aromatic heterocycles. The van der Waals surface area contributed by atoms with Gasteiger partial charge in [-0.15, -0.1) is 0 Å². The molecule has 1 aromatic carbocycles. The molecule has 6 nitrogen and oxygen atoms in total. The SMILES string of the molecule is CN=C(NCCCN(C(C)C)C(C)C)NCc1ccc(-n2ccnc2C)c(F)c1. The molecular weight excluding hydrogens is 367 g/mol. The van der Waals surface area contributed by atoms with E-state index in [1.54, 1.807) is 36.1 Å². The Morgan fingerprint density at radius 2 is 1.93 bits per heavy atom. The van der Waals surface area contributed by atoms with Crippen LogP contribution in [0.4, 0.5) is 4.39 Å². The van der Waals surface area contributed by atoms with Crippen LogP contribution in [0.5, 0.6) is 0 Å². The van der Waals surface area contributed by atoms with Crippen molar-refractivity contribution in [2.45, 2.75) is 59.7 Å². The van der Waals surface area contributed by atoms with Gasteiger partial charge in [0.25, 0.3) is 0 Å². The Morgan fingerprint density at radius 3 is 2.48 bits per heavy atom. The number of aryl methyl sites for hydroxylation is 1. The van der Waals surface area contributed by atoms with Crippen molar-refractivity contribution in [3.05, 3.63) is 47.8 Å². The Labute approximate surface area is 174 Å². The topological polar surface area (TPSA) is 57.5 Å². The van der Waals surface area contributed by atoms with Crippen LogP contribution in [0.2, 0.25) is 0 Å². The maximum atomic E-state index is 14.5. The molecule has 2 aromatic rings. The van der Waals surface area contributed by atoms with Crippen molar-refractivity contribution in [3.63, 3.8) is 0 Å². The van der Waals surface area contributed by atoms with Crippen LogP contribution < -0.4 is 10.6 Å². The van der Waals surface area contributed by atoms with Crippen molar-refractivity contribution in [1.82, 2.24) is 25.1 Å². The smallest absolute Gasteiger partial charge is 0.191 e. The average Bonchev–Trinajstić information content (AvgIpc) is 3.09. The van der Waals surface area contributed by atoms with Gasteiger partial charge in [-0.25, -0.2) is 9.37 Å². The molecule has 0 unspecified atom stereocenters. The van der Waals surface area contributed by atoms with Crippen molar-refractivity contribution in [1.29, 1.82) is 0 Å². The molecule has 0 fully saturated rings. The number of hydrogen-bond acceptors (Lipinski definition) is 3. The molecule has 29 heavy (non-hydrogen) atoms. The highest BCUT2D eigenvalue weighted by Gasteiger charge is 2.12. The number of nitrogens with one attached hydrogen (secondary N) is 2. The molecule has 160 valence electrons. The lowest BCUT2D eigenvalue weighted by atomic mass is 10.2. The van der Waals surface area contributed by atoms with Gasteiger partial charge in [-0.1, -0.05) is 6.07 Å². The van der Waals surface area contributed by atoms with E-state index in [2.05, 4.69) is 53.2 Å². The zero-order valence-corrected chi connectivity index (χ0v) is 18.5. The summed E-state index contributed by atoms with van der Waals surface area (Å²) in [4.78, 5) is 10.9. The summed E-state index contributed by atoms with van der Waals surface area (Å²) in [6, 6.07) is 6.33. The number of aliphatic imine (C=N–C) groups is 1. The molecule has 1 heterocycles. The van der Waals surface area contributed by atoms with Crippen molar-refractivity contribution in [2.24, 2.45) is 4.99 Å². The number of aromatic nitrogens is 2. The zero-order valence-electron chi connectivity index (χ0n) is 18.5. The molecule has 0 saturated carbocycles. The van der Waals surface area contributed by atoms with Gasteiger partial charge < -0.3 is 15.2 Å². The van der Waals surface area contributed by atoms with Gasteiger partial charge in [0.2, 0.25) is 0 Å². The summed E-state index contributed by atoms with van der Waals surface area (Å²) in [7, 11) is 1.75. The van der Waals surface area contributed by atoms with Gasteiger partial charge >= 0.3 is 0 Å². The van der Waals surface area contributed by atoms with Crippen molar-refractivity contribution in [3.8, 4) is 5.69 Å². The third-order valence-corrected chi connectivity index (χ3v) is 4.99. The van der Waals surface area contributed by atoms with Crippen LogP contribution in [-0.4, -0.2) is 52.6 Å². The van der Waals surface area contributed by atoms with Crippen molar-refractivity contribution < 1.29 is 4.39 Å². The van der Waals surface area contributed by atoms with Crippen LogP contribution in [0.15, 0.2) is 35.6 Å². The Bertz CT molecular complexity index is 788. The molecule has 0 saturated heterocycles. The molecule has 2 N–H and O–H groups in total. The summed E-state index contributed by atoms with van der Waals surface area (Å²) in [6.45, 7) is 13.1. The highest BCUT2D eigenvalue weighted by Crippen LogP contribution is 2.16. The Kier molecular flexibility index (Phi) is 8.64. The van der Waals surface area contributed by atoms with E-state index in [-0.39, 0.29) is 5.82 Å². The van der Waals surface area contributed by atoms with Gasteiger partial charge in [-0.3, -0.25) is 9.89 Å². The van der Waals surface area contributed by atoms with E-state index in [9.17, 15) is 4.39 Å². The number of hydrogen-bond donors (Lipinski definition) is 2. The molecular formula is C22H35FN6. The predicted molar refractivity (Wildman–Crippen MR) is 118 cm³/mol. The van der Waals surface area contributed by atoms with E-state index in [0.29, 0.717) is 24.3 Å². The number of rotatable bonds is 9. The van der Waals surface area contributed by atoms with E-state index in [0.717, 1.165) is 36.9 Å². The van der Waals surface area contributed by atoms with Crippen LogP contribution in [0, 0.1) is 12.7 Å². The van der Waals surface area contributed by atoms with Gasteiger partial charge in [0.15, 0.2) is 5.96 Å². The molecule has 0 aliphatic rings. The standard InChI is InChI=1S/C22H35FN6/c1-16(2)28(17(3)4)12-7-10-26-22(24-6)27-15-19-8-9-21(20(23)14-19)29-13-11-25-18(29)5/h8-9,11,13-14,16-17H,7,10,12,15H2,1-6H3,(H2,24,26,27). The first kappa shape index (κ1) is 22.9. The number of halogens is 1. The van der Waals surface area contributed by atoms with Gasteiger partial charge in [0, 0.05) is 51.2 Å². The Balaban J connectivity index is 1.83. The van der Waals surface area contributed by atoms with Gasteiger partial charge in [0.1, 0.15) is 11.6 Å². The number of nitrogens with zero attached hydrogens (tertiary/aromatic N) is 4. The summed E-state index contributed by atoms with van der Waals surface area (Å²) in [5.74, 6) is 1.21. The van der Waals surface area contributed by atoms with E-state index in [1.165, 1.54) is 0 Å². The fourth-order valence-corrected chi connectivity index (χ4v) is 3.48. The fraction of sp³-hybridized carbons (Fsp3) is 0.545. The molecule has 2 rings (SSSR count). The third-order valence-electron chi connectivity index (χ3n) is 4.99. The van der Waals surface area contributed by atoms with Crippen LogP contribution in [0.25, 0.3) is 5.69 Å². The number of benzene rings is 1. The van der Waals surface area contributed by atoms with Crippen LogP contribution >= 0.6 is 0 Å². The minimum absolute atomic E-state index is 0.268. The second-order valence-electron chi connectivity index (χ2n) is 7.76. The lowest BCUT2D eigenvalue weighted by Gasteiger charge is -2.30. The number of imidazole rings is 1. The maximum Gasteiger partial charge on any atom is 0.191 e. The molecule has 7 heteroatoms. The first-order chi connectivity index (χ1) is 13.8. The molecule has 0 amide bonds. The average molecular weight is 403 g/mol. The van der Waals surface area contributed by atoms with Crippen LogP contribution in [0.1, 0.15) is 45.5 Å². The summed E-state index contributed by atoms with van der Waals surface area (Å²) in [5.41, 5.74) is 1.36. The zero-order chi connectivity index (χ0) is 21.4. The predicted octanol–water partition coefficient (Wildman–Crippen LogP) is 3.49. The van der Waals surface area contributed by atoms with Crippen LogP contribution in [0.3, 0.4) is 0 Å². The minimum Gasteiger partial charge on any atom is -0.356 e. The molecule has 0 radical (unpaired) electrons. The lowest BCUT2D eigenvalue weighted by Crippen LogP contribution is -2.41. The van der Waals surface area contributed by atoms with E-state index >= 15 is 0 Å². The minimum atomic E-state index is -0.268. The van der Waals surface area contributed by atoms with E-state index < -0.39 is 0 Å². The monoisotopic (exact) mass is 402 g/mol. The van der Waals surface area contributed by atoms with Crippen molar-refractivity contribution >= 4 is 5.96 Å². The molecule has 0 aliphatic carbocycles. The highest BCUT2D eigenvalue weighted by atomic mass is 19.1. The molecule has 0 atom stereocenters. The summed E-state index contributed by atoms with van der Waals surface area (Å²) in [6.07, 6.45) is 4.46. The van der Waals surface area contributed by atoms with E-state index in [4.69, 9.17) is 0 Å². The van der Waals surface area contributed by atoms with E-state index in [1.807, 2.05) is 13.0 Å². The fourth-order valence-electron chi connectivity index (χ4n) is 3.48. The quantitative estimate of drug-likeness (QED) is 0.383. The molecule has 0 bridgehead atoms. The summed E-state index contributed by atoms with van der Waals surface area (Å²) < 4.78 is 16.3. The second kappa shape index (κ2) is 11.0. The summed E-state index contributed by atoms with van der Waals surface area (Å²) >= 11 is 0. The van der Waals surface area contributed by atoms with Crippen molar-refractivity contribution in [2.75, 3.05) is 20.1 Å². The largest absolute Gasteiger partial charge is 0.356 e. The van der Waals surface area contributed by atoms with Gasteiger partial charge in [-0.05, 0) is 58.7 Å². The highest BCUT2D eigenvalue weighted by molar-refractivity contribution is 5.79. The first-order valence-corrected chi connectivity index (χ1v) is 10.3. The van der Waals surface area contributed by atoms with Gasteiger partial charge in [0.05, 0.1) is 5.69 Å². The Morgan fingerprint density at radius 1 is 1.21 bits per heavy atom. The van der Waals surface area contributed by atoms with Crippen LogP contribution in [-0.2, 0) is 6.54 Å². The maximum absolute atomic E-state index is 14.5. The third kappa shape index (κ3) is 6.56.